The van der Waals surface area contributed by atoms with Crippen molar-refractivity contribution in [1.82, 2.24) is 4.90 Å². The first-order valence-electron chi connectivity index (χ1n) is 6.34. The molecule has 4 nitrogen and oxygen atoms in total. The van der Waals surface area contributed by atoms with Crippen LogP contribution in [0.1, 0.15) is 25.3 Å². The minimum atomic E-state index is -0.503. The molecule has 98 valence electrons. The Morgan fingerprint density at radius 1 is 1.50 bits per heavy atom. The molecule has 1 aliphatic heterocycles. The third kappa shape index (κ3) is 3.01. The van der Waals surface area contributed by atoms with Crippen LogP contribution in [0.4, 0.5) is 4.79 Å². The first-order valence-corrected chi connectivity index (χ1v) is 6.34. The monoisotopic (exact) mass is 249 g/mol. The molecule has 1 N–H and O–H groups in total. The second kappa shape index (κ2) is 5.87. The molecular weight excluding hydrogens is 230 g/mol. The smallest absolute Gasteiger partial charge is 0.410 e. The van der Waals surface area contributed by atoms with E-state index < -0.39 is 6.10 Å². The molecule has 18 heavy (non-hydrogen) atoms. The van der Waals surface area contributed by atoms with E-state index >= 15 is 0 Å². The van der Waals surface area contributed by atoms with Gasteiger partial charge in [-0.2, -0.15) is 0 Å². The lowest BCUT2D eigenvalue weighted by Crippen LogP contribution is -2.41. The SMILES string of the molecule is CC(O)[C@@H]1CCCN1C(=O)OCc1ccccc1. The topological polar surface area (TPSA) is 49.8 Å². The number of carbonyl (C=O) groups excluding carboxylic acids is 1. The van der Waals surface area contributed by atoms with Gasteiger partial charge in [-0.05, 0) is 25.3 Å². The number of carbonyl (C=O) groups is 1. The highest BCUT2D eigenvalue weighted by molar-refractivity contribution is 5.68. The molecule has 2 atom stereocenters. The molecule has 0 spiro atoms. The van der Waals surface area contributed by atoms with Crippen molar-refractivity contribution in [2.75, 3.05) is 6.54 Å². The molecule has 1 aliphatic rings. The lowest BCUT2D eigenvalue weighted by molar-refractivity contribution is 0.0551. The number of likely N-dealkylation sites (tertiary alicyclic amines) is 1. The quantitative estimate of drug-likeness (QED) is 0.893. The van der Waals surface area contributed by atoms with Crippen molar-refractivity contribution in [2.45, 2.75) is 38.5 Å². The fraction of sp³-hybridized carbons (Fsp3) is 0.500. The number of rotatable bonds is 3. The number of hydrogen-bond donors (Lipinski definition) is 1. The van der Waals surface area contributed by atoms with E-state index in [4.69, 9.17) is 4.74 Å². The highest BCUT2D eigenvalue weighted by atomic mass is 16.6. The van der Waals surface area contributed by atoms with Crippen LogP contribution in [-0.4, -0.2) is 34.8 Å². The second-order valence-electron chi connectivity index (χ2n) is 4.68. The summed E-state index contributed by atoms with van der Waals surface area (Å²) in [7, 11) is 0. The summed E-state index contributed by atoms with van der Waals surface area (Å²) in [5.41, 5.74) is 0.971. The summed E-state index contributed by atoms with van der Waals surface area (Å²) in [4.78, 5) is 13.6. The Hall–Kier alpha value is -1.55. The molecule has 0 saturated carbocycles. The molecule has 0 radical (unpaired) electrons. The van der Waals surface area contributed by atoms with E-state index in [1.165, 1.54) is 0 Å². The second-order valence-corrected chi connectivity index (χ2v) is 4.68. The Labute approximate surface area is 107 Å². The summed E-state index contributed by atoms with van der Waals surface area (Å²) in [6.45, 7) is 2.67. The molecule has 1 aromatic carbocycles. The highest BCUT2D eigenvalue weighted by Crippen LogP contribution is 2.21. The van der Waals surface area contributed by atoms with Crippen LogP contribution in [0, 0.1) is 0 Å². The van der Waals surface area contributed by atoms with Crippen molar-refractivity contribution in [2.24, 2.45) is 0 Å². The first kappa shape index (κ1) is 12.9. The van der Waals surface area contributed by atoms with Crippen LogP contribution < -0.4 is 0 Å². The van der Waals surface area contributed by atoms with Gasteiger partial charge in [0.2, 0.25) is 0 Å². The number of amides is 1. The number of benzene rings is 1. The van der Waals surface area contributed by atoms with Crippen molar-refractivity contribution in [3.8, 4) is 0 Å². The highest BCUT2D eigenvalue weighted by Gasteiger charge is 2.32. The third-order valence-electron chi connectivity index (χ3n) is 3.30. The Morgan fingerprint density at radius 2 is 2.22 bits per heavy atom. The summed E-state index contributed by atoms with van der Waals surface area (Å²) >= 11 is 0. The van der Waals surface area contributed by atoms with Gasteiger partial charge in [-0.3, -0.25) is 0 Å². The fourth-order valence-electron chi connectivity index (χ4n) is 2.32. The third-order valence-corrected chi connectivity index (χ3v) is 3.30. The van der Waals surface area contributed by atoms with Gasteiger partial charge in [0.25, 0.3) is 0 Å². The van der Waals surface area contributed by atoms with Crippen molar-refractivity contribution >= 4 is 6.09 Å². The molecule has 1 heterocycles. The molecule has 1 amide bonds. The Morgan fingerprint density at radius 3 is 2.89 bits per heavy atom. The van der Waals surface area contributed by atoms with Gasteiger partial charge in [-0.1, -0.05) is 30.3 Å². The van der Waals surface area contributed by atoms with Gasteiger partial charge in [-0.25, -0.2) is 4.79 Å². The minimum absolute atomic E-state index is 0.103. The molecule has 1 aromatic rings. The van der Waals surface area contributed by atoms with Crippen LogP contribution in [-0.2, 0) is 11.3 Å². The average Bonchev–Trinajstić information content (AvgIpc) is 2.86. The number of aliphatic hydroxyl groups is 1. The van der Waals surface area contributed by atoms with Crippen LogP contribution in [0.15, 0.2) is 30.3 Å². The van der Waals surface area contributed by atoms with Gasteiger partial charge in [-0.15, -0.1) is 0 Å². The molecule has 1 unspecified atom stereocenters. The number of aliphatic hydroxyl groups excluding tert-OH is 1. The zero-order valence-electron chi connectivity index (χ0n) is 10.6. The van der Waals surface area contributed by atoms with E-state index in [0.717, 1.165) is 18.4 Å². The normalized spacial score (nSPS) is 20.8. The standard InChI is InChI=1S/C14H19NO3/c1-11(16)13-8-5-9-15(13)14(17)18-10-12-6-3-2-4-7-12/h2-4,6-7,11,13,16H,5,8-10H2,1H3/t11?,13-/m0/s1. The van der Waals surface area contributed by atoms with Gasteiger partial charge in [0.05, 0.1) is 12.1 Å². The first-order chi connectivity index (χ1) is 8.68. The van der Waals surface area contributed by atoms with Crippen molar-refractivity contribution in [3.05, 3.63) is 35.9 Å². The largest absolute Gasteiger partial charge is 0.445 e. The van der Waals surface area contributed by atoms with Crippen LogP contribution >= 0.6 is 0 Å². The van der Waals surface area contributed by atoms with Crippen LogP contribution in [0.5, 0.6) is 0 Å². The van der Waals surface area contributed by atoms with E-state index in [-0.39, 0.29) is 18.7 Å². The van der Waals surface area contributed by atoms with Gasteiger partial charge in [0.15, 0.2) is 0 Å². The molecule has 0 aliphatic carbocycles. The molecule has 4 heteroatoms. The van der Waals surface area contributed by atoms with Crippen molar-refractivity contribution < 1.29 is 14.6 Å². The van der Waals surface area contributed by atoms with Crippen LogP contribution in [0.25, 0.3) is 0 Å². The number of hydrogen-bond acceptors (Lipinski definition) is 3. The Bertz CT molecular complexity index is 391. The zero-order chi connectivity index (χ0) is 13.0. The van der Waals surface area contributed by atoms with Crippen molar-refractivity contribution in [1.29, 1.82) is 0 Å². The summed E-state index contributed by atoms with van der Waals surface area (Å²) in [6.07, 6.45) is 0.938. The molecular formula is C14H19NO3. The minimum Gasteiger partial charge on any atom is -0.445 e. The fourth-order valence-corrected chi connectivity index (χ4v) is 2.32. The predicted molar refractivity (Wildman–Crippen MR) is 68.0 cm³/mol. The summed E-state index contributed by atoms with van der Waals surface area (Å²) in [6, 6.07) is 9.49. The number of nitrogens with zero attached hydrogens (tertiary/aromatic N) is 1. The van der Waals surface area contributed by atoms with E-state index in [2.05, 4.69) is 0 Å². The predicted octanol–water partition coefficient (Wildman–Crippen LogP) is 2.17. The van der Waals surface area contributed by atoms with E-state index in [1.807, 2.05) is 30.3 Å². The number of ether oxygens (including phenoxy) is 1. The Balaban J connectivity index is 1.88. The Kier molecular flexibility index (Phi) is 4.20. The van der Waals surface area contributed by atoms with E-state index in [1.54, 1.807) is 11.8 Å². The maximum absolute atomic E-state index is 11.9. The summed E-state index contributed by atoms with van der Waals surface area (Å²) < 4.78 is 5.27. The van der Waals surface area contributed by atoms with Gasteiger partial charge in [0, 0.05) is 6.54 Å². The summed E-state index contributed by atoms with van der Waals surface area (Å²) in [5.74, 6) is 0. The maximum Gasteiger partial charge on any atom is 0.410 e. The maximum atomic E-state index is 11.9. The molecule has 1 saturated heterocycles. The lowest BCUT2D eigenvalue weighted by atomic mass is 10.1. The van der Waals surface area contributed by atoms with Gasteiger partial charge < -0.3 is 14.7 Å². The van der Waals surface area contributed by atoms with Gasteiger partial charge in [0.1, 0.15) is 6.61 Å². The average molecular weight is 249 g/mol. The molecule has 2 rings (SSSR count). The molecule has 1 fully saturated rings. The zero-order valence-corrected chi connectivity index (χ0v) is 10.6. The lowest BCUT2D eigenvalue weighted by Gasteiger charge is -2.26. The van der Waals surface area contributed by atoms with Crippen LogP contribution in [0.3, 0.4) is 0 Å². The summed E-state index contributed by atoms with van der Waals surface area (Å²) in [5, 5.41) is 9.61. The molecule has 0 bridgehead atoms. The van der Waals surface area contributed by atoms with Crippen LogP contribution in [0.2, 0.25) is 0 Å². The van der Waals surface area contributed by atoms with E-state index in [9.17, 15) is 9.90 Å². The van der Waals surface area contributed by atoms with Crippen molar-refractivity contribution in [3.63, 3.8) is 0 Å². The van der Waals surface area contributed by atoms with E-state index in [0.29, 0.717) is 6.54 Å². The molecule has 0 aromatic heterocycles. The van der Waals surface area contributed by atoms with Gasteiger partial charge >= 0.3 is 6.09 Å².